The standard InChI is InChI=1S/C15H13F4N5O3/c16-10-5-4-8(7-9(10)15(17,18)19)24-13(23-26-14(24)25)12-11(21-27-22-12)3-1-2-6-20/h4-5,7H,1-3,6,20H2. The van der Waals surface area contributed by atoms with Crippen LogP contribution >= 0.6 is 0 Å². The van der Waals surface area contributed by atoms with Crippen LogP contribution in [0.5, 0.6) is 0 Å². The molecule has 3 aromatic rings. The first-order valence-corrected chi connectivity index (χ1v) is 7.80. The molecule has 0 saturated heterocycles. The summed E-state index contributed by atoms with van der Waals surface area (Å²) in [5, 5.41) is 10.9. The van der Waals surface area contributed by atoms with Crippen LogP contribution in [0.2, 0.25) is 0 Å². The van der Waals surface area contributed by atoms with E-state index in [2.05, 4.69) is 24.6 Å². The van der Waals surface area contributed by atoms with Gasteiger partial charge in [0.1, 0.15) is 11.5 Å². The smallest absolute Gasteiger partial charge is 0.330 e. The maximum atomic E-state index is 13.5. The van der Waals surface area contributed by atoms with Gasteiger partial charge in [-0.1, -0.05) is 10.3 Å². The SMILES string of the molecule is NCCCCc1nonc1-c1noc(=O)n1-c1ccc(F)c(C(F)(F)F)c1. The van der Waals surface area contributed by atoms with E-state index in [-0.39, 0.29) is 17.2 Å². The molecular weight excluding hydrogens is 374 g/mol. The van der Waals surface area contributed by atoms with Gasteiger partial charge in [-0.25, -0.2) is 18.4 Å². The Morgan fingerprint density at radius 2 is 1.93 bits per heavy atom. The van der Waals surface area contributed by atoms with Gasteiger partial charge in [-0.2, -0.15) is 13.2 Å². The lowest BCUT2D eigenvalue weighted by molar-refractivity contribution is -0.140. The summed E-state index contributed by atoms with van der Waals surface area (Å²) in [7, 11) is 0. The van der Waals surface area contributed by atoms with Gasteiger partial charge in [-0.15, -0.1) is 0 Å². The highest BCUT2D eigenvalue weighted by Gasteiger charge is 2.35. The van der Waals surface area contributed by atoms with E-state index in [1.165, 1.54) is 0 Å². The van der Waals surface area contributed by atoms with E-state index >= 15 is 0 Å². The van der Waals surface area contributed by atoms with Crippen molar-refractivity contribution < 1.29 is 26.7 Å². The molecule has 0 aliphatic rings. The zero-order chi connectivity index (χ0) is 19.6. The van der Waals surface area contributed by atoms with Crippen LogP contribution < -0.4 is 11.5 Å². The Labute approximate surface area is 148 Å². The summed E-state index contributed by atoms with van der Waals surface area (Å²) >= 11 is 0. The van der Waals surface area contributed by atoms with Crippen LogP contribution in [0.4, 0.5) is 17.6 Å². The molecule has 0 spiro atoms. The van der Waals surface area contributed by atoms with Crippen molar-refractivity contribution >= 4 is 0 Å². The number of nitrogens with zero attached hydrogens (tertiary/aromatic N) is 4. The summed E-state index contributed by atoms with van der Waals surface area (Å²) in [6.45, 7) is 0.463. The summed E-state index contributed by atoms with van der Waals surface area (Å²) < 4.78 is 62.4. The normalized spacial score (nSPS) is 11.9. The number of nitrogens with two attached hydrogens (primary N) is 1. The Kier molecular flexibility index (Phi) is 5.08. The number of rotatable bonds is 6. The Morgan fingerprint density at radius 3 is 2.63 bits per heavy atom. The maximum absolute atomic E-state index is 13.5. The minimum absolute atomic E-state index is 0.0377. The summed E-state index contributed by atoms with van der Waals surface area (Å²) in [6.07, 6.45) is -3.20. The van der Waals surface area contributed by atoms with Gasteiger partial charge in [0.05, 0.1) is 11.3 Å². The average molecular weight is 387 g/mol. The molecule has 2 heterocycles. The van der Waals surface area contributed by atoms with Crippen molar-refractivity contribution in [2.24, 2.45) is 5.73 Å². The number of unbranched alkanes of at least 4 members (excludes halogenated alkanes) is 1. The minimum Gasteiger partial charge on any atom is -0.330 e. The molecular formula is C15H13F4N5O3. The first kappa shape index (κ1) is 18.8. The van der Waals surface area contributed by atoms with E-state index < -0.39 is 23.3 Å². The molecule has 0 radical (unpaired) electrons. The van der Waals surface area contributed by atoms with Crippen LogP contribution in [-0.2, 0) is 12.6 Å². The van der Waals surface area contributed by atoms with Crippen LogP contribution in [0.15, 0.2) is 32.1 Å². The lowest BCUT2D eigenvalue weighted by atomic mass is 10.1. The molecule has 8 nitrogen and oxygen atoms in total. The largest absolute Gasteiger partial charge is 0.446 e. The lowest BCUT2D eigenvalue weighted by Gasteiger charge is -2.10. The quantitative estimate of drug-likeness (QED) is 0.510. The molecule has 2 N–H and O–H groups in total. The van der Waals surface area contributed by atoms with E-state index in [1.54, 1.807) is 0 Å². The molecule has 0 amide bonds. The average Bonchev–Trinajstić information content (AvgIpc) is 3.21. The molecule has 2 aromatic heterocycles. The van der Waals surface area contributed by atoms with Gasteiger partial charge in [-0.05, 0) is 49.2 Å². The molecule has 144 valence electrons. The van der Waals surface area contributed by atoms with Crippen LogP contribution in [0.25, 0.3) is 17.2 Å². The van der Waals surface area contributed by atoms with Crippen molar-refractivity contribution in [3.8, 4) is 17.2 Å². The summed E-state index contributed by atoms with van der Waals surface area (Å²) in [5.41, 5.74) is 3.98. The van der Waals surface area contributed by atoms with E-state index in [9.17, 15) is 22.4 Å². The predicted octanol–water partition coefficient (Wildman–Crippen LogP) is 2.31. The second-order valence-corrected chi connectivity index (χ2v) is 5.57. The first-order chi connectivity index (χ1) is 12.8. The molecule has 0 aliphatic heterocycles. The van der Waals surface area contributed by atoms with E-state index in [4.69, 9.17) is 5.73 Å². The Hall–Kier alpha value is -3.02. The van der Waals surface area contributed by atoms with Gasteiger partial charge in [0.2, 0.25) is 5.82 Å². The van der Waals surface area contributed by atoms with Gasteiger partial charge in [0, 0.05) is 0 Å². The summed E-state index contributed by atoms with van der Waals surface area (Å²) in [6, 6.07) is 2.08. The Morgan fingerprint density at radius 1 is 1.15 bits per heavy atom. The number of hydrogen-bond acceptors (Lipinski definition) is 7. The Bertz CT molecular complexity index is 992. The van der Waals surface area contributed by atoms with Crippen molar-refractivity contribution in [1.82, 2.24) is 20.0 Å². The molecule has 3 rings (SSSR count). The fourth-order valence-electron chi connectivity index (χ4n) is 2.47. The van der Waals surface area contributed by atoms with E-state index in [1.807, 2.05) is 0 Å². The maximum Gasteiger partial charge on any atom is 0.446 e. The number of benzene rings is 1. The second kappa shape index (κ2) is 7.31. The fraction of sp³-hybridized carbons (Fsp3) is 0.333. The fourth-order valence-corrected chi connectivity index (χ4v) is 2.47. The zero-order valence-corrected chi connectivity index (χ0v) is 13.7. The Balaban J connectivity index is 2.08. The lowest BCUT2D eigenvalue weighted by Crippen LogP contribution is -2.16. The molecule has 12 heteroatoms. The van der Waals surface area contributed by atoms with Crippen LogP contribution in [-0.4, -0.2) is 26.6 Å². The van der Waals surface area contributed by atoms with Gasteiger partial charge in [0.15, 0.2) is 5.69 Å². The second-order valence-electron chi connectivity index (χ2n) is 5.57. The molecule has 1 aromatic carbocycles. The van der Waals surface area contributed by atoms with Gasteiger partial charge < -0.3 is 5.73 Å². The van der Waals surface area contributed by atoms with Gasteiger partial charge >= 0.3 is 11.9 Å². The predicted molar refractivity (Wildman–Crippen MR) is 82.3 cm³/mol. The van der Waals surface area contributed by atoms with E-state index in [0.717, 1.165) is 10.6 Å². The zero-order valence-electron chi connectivity index (χ0n) is 13.7. The van der Waals surface area contributed by atoms with Crippen LogP contribution in [0, 0.1) is 5.82 Å². The number of hydrogen-bond donors (Lipinski definition) is 1. The van der Waals surface area contributed by atoms with Crippen molar-refractivity contribution in [3.63, 3.8) is 0 Å². The number of aromatic nitrogens is 4. The third kappa shape index (κ3) is 3.74. The van der Waals surface area contributed by atoms with E-state index in [0.29, 0.717) is 43.6 Å². The monoisotopic (exact) mass is 387 g/mol. The van der Waals surface area contributed by atoms with Crippen LogP contribution in [0.1, 0.15) is 24.1 Å². The molecule has 0 bridgehead atoms. The molecule has 0 unspecified atom stereocenters. The van der Waals surface area contributed by atoms with Gasteiger partial charge in [0.25, 0.3) is 0 Å². The summed E-state index contributed by atoms with van der Waals surface area (Å²) in [5.74, 6) is -2.74. The molecule has 0 aliphatic carbocycles. The number of aryl methyl sites for hydroxylation is 1. The molecule has 27 heavy (non-hydrogen) atoms. The first-order valence-electron chi connectivity index (χ1n) is 7.80. The van der Waals surface area contributed by atoms with Crippen molar-refractivity contribution in [1.29, 1.82) is 0 Å². The van der Waals surface area contributed by atoms with Crippen LogP contribution in [0.3, 0.4) is 0 Å². The number of halogens is 4. The highest BCUT2D eigenvalue weighted by atomic mass is 19.4. The third-order valence-corrected chi connectivity index (χ3v) is 3.75. The molecule has 0 atom stereocenters. The van der Waals surface area contributed by atoms with Crippen molar-refractivity contribution in [3.05, 3.63) is 45.8 Å². The minimum atomic E-state index is -4.94. The third-order valence-electron chi connectivity index (χ3n) is 3.75. The topological polar surface area (TPSA) is 113 Å². The van der Waals surface area contributed by atoms with Gasteiger partial charge in [-0.3, -0.25) is 4.52 Å². The van der Waals surface area contributed by atoms with Crippen molar-refractivity contribution in [2.45, 2.75) is 25.4 Å². The van der Waals surface area contributed by atoms with Crippen molar-refractivity contribution in [2.75, 3.05) is 6.54 Å². The molecule has 0 fully saturated rings. The highest BCUT2D eigenvalue weighted by Crippen LogP contribution is 2.33. The summed E-state index contributed by atoms with van der Waals surface area (Å²) in [4.78, 5) is 12.0. The number of alkyl halides is 3. The molecule has 0 saturated carbocycles. The highest BCUT2D eigenvalue weighted by molar-refractivity contribution is 5.55.